The highest BCUT2D eigenvalue weighted by molar-refractivity contribution is 7.89. The number of rotatable bonds is 5. The molecular weight excluding hydrogens is 404 g/mol. The molecule has 1 N–H and O–H groups in total. The van der Waals surface area contributed by atoms with Gasteiger partial charge in [-0.25, -0.2) is 17.2 Å². The smallest absolute Gasteiger partial charge is 0.271 e. The van der Waals surface area contributed by atoms with Crippen LogP contribution in [0.4, 0.5) is 14.5 Å². The van der Waals surface area contributed by atoms with Crippen LogP contribution in [0.1, 0.15) is 19.8 Å². The minimum Gasteiger partial charge on any atom is -0.324 e. The van der Waals surface area contributed by atoms with Crippen LogP contribution in [0.15, 0.2) is 46.2 Å². The molecule has 156 valence electrons. The van der Waals surface area contributed by atoms with E-state index in [-0.39, 0.29) is 5.69 Å². The minimum absolute atomic E-state index is 0.0214. The van der Waals surface area contributed by atoms with Gasteiger partial charge in [-0.2, -0.15) is 4.31 Å². The summed E-state index contributed by atoms with van der Waals surface area (Å²) in [5, 5.41) is 2.35. The van der Waals surface area contributed by atoms with E-state index in [2.05, 4.69) is 5.32 Å². The van der Waals surface area contributed by atoms with Gasteiger partial charge in [0.2, 0.25) is 15.9 Å². The Morgan fingerprint density at radius 3 is 2.52 bits per heavy atom. The van der Waals surface area contributed by atoms with Gasteiger partial charge >= 0.3 is 0 Å². The standard InChI is InChI=1S/C19H21F2N3O4S/c1-13-6-9-24(10-7-13)29(27,28)17-3-2-8-23(19(17)26)12-18(25)22-14-4-5-15(20)16(21)11-14/h2-5,8,11,13H,6-7,9-10,12H2,1H3,(H,22,25). The Morgan fingerprint density at radius 2 is 1.86 bits per heavy atom. The fourth-order valence-electron chi connectivity index (χ4n) is 3.13. The molecule has 1 amide bonds. The van der Waals surface area contributed by atoms with Crippen molar-refractivity contribution in [3.05, 3.63) is 58.5 Å². The Kier molecular flexibility index (Phi) is 6.13. The zero-order chi connectivity index (χ0) is 21.2. The first kappa shape index (κ1) is 21.1. The highest BCUT2D eigenvalue weighted by atomic mass is 32.2. The minimum atomic E-state index is -3.97. The van der Waals surface area contributed by atoms with Crippen LogP contribution in [0.5, 0.6) is 0 Å². The number of amides is 1. The van der Waals surface area contributed by atoms with Gasteiger partial charge in [-0.15, -0.1) is 0 Å². The number of nitrogens with zero attached hydrogens (tertiary/aromatic N) is 2. The predicted molar refractivity (Wildman–Crippen MR) is 103 cm³/mol. The van der Waals surface area contributed by atoms with Gasteiger partial charge in [0.05, 0.1) is 0 Å². The molecule has 29 heavy (non-hydrogen) atoms. The molecular formula is C19H21F2N3O4S. The summed E-state index contributed by atoms with van der Waals surface area (Å²) in [6, 6.07) is 5.46. The van der Waals surface area contributed by atoms with Gasteiger partial charge in [-0.1, -0.05) is 6.92 Å². The van der Waals surface area contributed by atoms with Gasteiger partial charge in [0.1, 0.15) is 11.4 Å². The van der Waals surface area contributed by atoms with Crippen LogP contribution in [0.25, 0.3) is 0 Å². The molecule has 2 aromatic rings. The summed E-state index contributed by atoms with van der Waals surface area (Å²) in [6.07, 6.45) is 2.73. The summed E-state index contributed by atoms with van der Waals surface area (Å²) in [4.78, 5) is 24.5. The van der Waals surface area contributed by atoms with Gasteiger partial charge in [0.25, 0.3) is 5.56 Å². The topological polar surface area (TPSA) is 88.5 Å². The van der Waals surface area contributed by atoms with Crippen molar-refractivity contribution in [2.75, 3.05) is 18.4 Å². The first-order valence-corrected chi connectivity index (χ1v) is 10.6. The van der Waals surface area contributed by atoms with Crippen LogP contribution in [-0.2, 0) is 21.4 Å². The molecule has 0 atom stereocenters. The van der Waals surface area contributed by atoms with Crippen LogP contribution >= 0.6 is 0 Å². The molecule has 0 radical (unpaired) electrons. The molecule has 1 saturated heterocycles. The zero-order valence-electron chi connectivity index (χ0n) is 15.8. The number of hydrogen-bond donors (Lipinski definition) is 1. The number of piperidine rings is 1. The van der Waals surface area contributed by atoms with Gasteiger partial charge in [-0.3, -0.25) is 9.59 Å². The summed E-state index contributed by atoms with van der Waals surface area (Å²) in [5.41, 5.74) is -0.792. The summed E-state index contributed by atoms with van der Waals surface area (Å²) in [5.74, 6) is -2.43. The van der Waals surface area contributed by atoms with Gasteiger partial charge < -0.3 is 9.88 Å². The number of sulfonamides is 1. The fourth-order valence-corrected chi connectivity index (χ4v) is 4.69. The number of carbonyl (C=O) groups excluding carboxylic acids is 1. The number of nitrogens with one attached hydrogen (secondary N) is 1. The molecule has 3 rings (SSSR count). The van der Waals surface area contributed by atoms with E-state index in [1.165, 1.54) is 28.7 Å². The number of anilines is 1. The molecule has 1 aromatic heterocycles. The van der Waals surface area contributed by atoms with E-state index in [9.17, 15) is 26.8 Å². The molecule has 1 aliphatic heterocycles. The van der Waals surface area contributed by atoms with Crippen LogP contribution < -0.4 is 10.9 Å². The molecule has 0 bridgehead atoms. The molecule has 2 heterocycles. The highest BCUT2D eigenvalue weighted by Crippen LogP contribution is 2.21. The summed E-state index contributed by atoms with van der Waals surface area (Å²) >= 11 is 0. The van der Waals surface area contributed by atoms with Crippen LogP contribution in [-0.4, -0.2) is 36.3 Å². The molecule has 10 heteroatoms. The van der Waals surface area contributed by atoms with E-state index >= 15 is 0 Å². The van der Waals surface area contributed by atoms with Gasteiger partial charge in [0.15, 0.2) is 11.6 Å². The maximum Gasteiger partial charge on any atom is 0.271 e. The maximum atomic E-state index is 13.3. The lowest BCUT2D eigenvalue weighted by atomic mass is 10.0. The molecule has 1 aromatic carbocycles. The molecule has 1 fully saturated rings. The van der Waals surface area contributed by atoms with E-state index < -0.39 is 44.6 Å². The largest absolute Gasteiger partial charge is 0.324 e. The van der Waals surface area contributed by atoms with Crippen molar-refractivity contribution in [1.29, 1.82) is 0 Å². The molecule has 7 nitrogen and oxygen atoms in total. The van der Waals surface area contributed by atoms with E-state index in [0.29, 0.717) is 19.0 Å². The van der Waals surface area contributed by atoms with Gasteiger partial charge in [0, 0.05) is 31.0 Å². The van der Waals surface area contributed by atoms with Crippen molar-refractivity contribution in [1.82, 2.24) is 8.87 Å². The third-order valence-corrected chi connectivity index (χ3v) is 6.77. The Bertz CT molecular complexity index is 1080. The van der Waals surface area contributed by atoms with Gasteiger partial charge in [-0.05, 0) is 43.0 Å². The average Bonchev–Trinajstić information content (AvgIpc) is 2.66. The lowest BCUT2D eigenvalue weighted by Crippen LogP contribution is -2.41. The zero-order valence-corrected chi connectivity index (χ0v) is 16.6. The number of benzene rings is 1. The Balaban J connectivity index is 1.78. The molecule has 1 aliphatic rings. The van der Waals surface area contributed by atoms with Crippen molar-refractivity contribution in [3.8, 4) is 0 Å². The molecule has 0 spiro atoms. The lowest BCUT2D eigenvalue weighted by molar-refractivity contribution is -0.116. The number of pyridine rings is 1. The predicted octanol–water partition coefficient (Wildman–Crippen LogP) is 2.19. The van der Waals surface area contributed by atoms with Crippen molar-refractivity contribution in [3.63, 3.8) is 0 Å². The second-order valence-corrected chi connectivity index (χ2v) is 8.98. The SMILES string of the molecule is CC1CCN(S(=O)(=O)c2cccn(CC(=O)Nc3ccc(F)c(F)c3)c2=O)CC1. The van der Waals surface area contributed by atoms with Crippen LogP contribution in [0, 0.1) is 17.6 Å². The van der Waals surface area contributed by atoms with Crippen molar-refractivity contribution in [2.45, 2.75) is 31.2 Å². The molecule has 0 saturated carbocycles. The second-order valence-electron chi connectivity index (χ2n) is 7.07. The Morgan fingerprint density at radius 1 is 1.17 bits per heavy atom. The monoisotopic (exact) mass is 425 g/mol. The molecule has 0 aliphatic carbocycles. The number of carbonyl (C=O) groups is 1. The van der Waals surface area contributed by atoms with E-state index in [4.69, 9.17) is 0 Å². The highest BCUT2D eigenvalue weighted by Gasteiger charge is 2.30. The molecule has 0 unspecified atom stereocenters. The van der Waals surface area contributed by atoms with Crippen LogP contribution in [0.2, 0.25) is 0 Å². The van der Waals surface area contributed by atoms with Crippen molar-refractivity contribution in [2.24, 2.45) is 5.92 Å². The summed E-state index contributed by atoms with van der Waals surface area (Å²) in [7, 11) is -3.97. The van der Waals surface area contributed by atoms with Crippen LogP contribution in [0.3, 0.4) is 0 Å². The second kappa shape index (κ2) is 8.42. The van der Waals surface area contributed by atoms with Crippen molar-refractivity contribution < 1.29 is 22.0 Å². The Labute approximate surface area is 167 Å². The summed E-state index contributed by atoms with van der Waals surface area (Å²) < 4.78 is 54.2. The van der Waals surface area contributed by atoms with E-state index in [1.807, 2.05) is 6.92 Å². The third kappa shape index (κ3) is 4.70. The Hall–Kier alpha value is -2.59. The first-order chi connectivity index (χ1) is 13.7. The lowest BCUT2D eigenvalue weighted by Gasteiger charge is -2.29. The number of aromatic nitrogens is 1. The first-order valence-electron chi connectivity index (χ1n) is 9.13. The quantitative estimate of drug-likeness (QED) is 0.795. The van der Waals surface area contributed by atoms with E-state index in [1.54, 1.807) is 0 Å². The number of hydrogen-bond acceptors (Lipinski definition) is 4. The summed E-state index contributed by atoms with van der Waals surface area (Å²) in [6.45, 7) is 2.26. The van der Waals surface area contributed by atoms with E-state index in [0.717, 1.165) is 29.5 Å². The fraction of sp³-hybridized carbons (Fsp3) is 0.368. The third-order valence-electron chi connectivity index (χ3n) is 4.86. The van der Waals surface area contributed by atoms with Crippen molar-refractivity contribution >= 4 is 21.6 Å². The normalized spacial score (nSPS) is 16.0. The average molecular weight is 425 g/mol. The number of halogens is 2. The maximum absolute atomic E-state index is 13.3.